The summed E-state index contributed by atoms with van der Waals surface area (Å²) in [7, 11) is -3.14. The van der Waals surface area contributed by atoms with Crippen molar-refractivity contribution in [3.05, 3.63) is 71.7 Å². The fourth-order valence-corrected chi connectivity index (χ4v) is 4.28. The molecule has 14 heteroatoms. The first-order valence-electron chi connectivity index (χ1n) is 12.3. The second kappa shape index (κ2) is 14.2. The Morgan fingerprint density at radius 1 is 1.10 bits per heavy atom. The highest BCUT2D eigenvalue weighted by atomic mass is 31.2. The van der Waals surface area contributed by atoms with Gasteiger partial charge in [-0.25, -0.2) is 27.5 Å². The third kappa shape index (κ3) is 9.60. The Balaban J connectivity index is 1.60. The van der Waals surface area contributed by atoms with Gasteiger partial charge < -0.3 is 19.4 Å². The van der Waals surface area contributed by atoms with E-state index in [1.807, 2.05) is 0 Å². The first-order valence-corrected chi connectivity index (χ1v) is 13.8. The van der Waals surface area contributed by atoms with E-state index in [1.54, 1.807) is 6.07 Å². The maximum atomic E-state index is 14.0. The van der Waals surface area contributed by atoms with E-state index in [-0.39, 0.29) is 50.3 Å². The molecule has 0 saturated heterocycles. The number of phosphoric acid groups is 1. The van der Waals surface area contributed by atoms with Gasteiger partial charge in [0.15, 0.2) is 11.6 Å². The number of unbranched alkanes of at least 4 members (excludes halogenated alkanes) is 1. The largest absolute Gasteiger partial charge is 0.469 e. The van der Waals surface area contributed by atoms with Crippen molar-refractivity contribution in [3.8, 4) is 0 Å². The number of likely N-dealkylation sites (N-methyl/N-ethyl adjacent to an activating group) is 1. The second-order valence-electron chi connectivity index (χ2n) is 8.98. The molecule has 0 unspecified atom stereocenters. The number of phosphoric ester groups is 1. The van der Waals surface area contributed by atoms with E-state index in [0.717, 1.165) is 6.07 Å². The van der Waals surface area contributed by atoms with Gasteiger partial charge >= 0.3 is 13.9 Å². The predicted molar refractivity (Wildman–Crippen MR) is 140 cm³/mol. The summed E-state index contributed by atoms with van der Waals surface area (Å²) in [5.41, 5.74) is 0.0475. The monoisotopic (exact) mass is 583 g/mol. The molecule has 0 aliphatic rings. The van der Waals surface area contributed by atoms with Crippen LogP contribution in [0.15, 0.2) is 48.7 Å². The molecule has 0 saturated carbocycles. The van der Waals surface area contributed by atoms with E-state index >= 15 is 0 Å². The number of nitrogens with zero attached hydrogens (tertiary/aromatic N) is 2. The Kier molecular flexibility index (Phi) is 11.0. The Morgan fingerprint density at radius 2 is 1.88 bits per heavy atom. The number of nitrogens with one attached hydrogen (secondary N) is 1. The molecule has 40 heavy (non-hydrogen) atoms. The smallest absolute Gasteiger partial charge is 0.447 e. The Bertz CT molecular complexity index is 1390. The van der Waals surface area contributed by atoms with Crippen molar-refractivity contribution < 1.29 is 46.4 Å². The van der Waals surface area contributed by atoms with E-state index in [9.17, 15) is 27.3 Å². The lowest BCUT2D eigenvalue weighted by molar-refractivity contribution is -0.133. The molecule has 3 aromatic rings. The molecule has 1 aromatic heterocycles. The van der Waals surface area contributed by atoms with Crippen LogP contribution < -0.4 is 5.32 Å². The number of benzene rings is 2. The number of halogens is 3. The number of amides is 2. The fourth-order valence-electron chi connectivity index (χ4n) is 3.91. The van der Waals surface area contributed by atoms with Crippen LogP contribution in [0.25, 0.3) is 10.8 Å². The average molecular weight is 584 g/mol. The number of pyridine rings is 1. The zero-order valence-corrected chi connectivity index (χ0v) is 22.5. The van der Waals surface area contributed by atoms with Gasteiger partial charge in [-0.05, 0) is 67.0 Å². The van der Waals surface area contributed by atoms with Gasteiger partial charge in [0.25, 0.3) is 0 Å². The third-order valence-electron chi connectivity index (χ3n) is 6.09. The molecule has 0 radical (unpaired) electrons. The summed E-state index contributed by atoms with van der Waals surface area (Å²) >= 11 is 0. The van der Waals surface area contributed by atoms with Gasteiger partial charge in [0.2, 0.25) is 5.91 Å². The van der Waals surface area contributed by atoms with E-state index < -0.39 is 43.3 Å². The maximum Gasteiger partial charge on any atom is 0.469 e. The molecule has 0 aliphatic heterocycles. The molecule has 1 heterocycles. The molecule has 10 nitrogen and oxygen atoms in total. The number of anilines is 1. The highest BCUT2D eigenvalue weighted by molar-refractivity contribution is 7.46. The van der Waals surface area contributed by atoms with Crippen LogP contribution in [0.5, 0.6) is 0 Å². The van der Waals surface area contributed by atoms with Gasteiger partial charge in [-0.1, -0.05) is 12.1 Å². The van der Waals surface area contributed by atoms with Crippen LogP contribution in [-0.2, 0) is 25.0 Å². The summed E-state index contributed by atoms with van der Waals surface area (Å²) < 4.78 is 61.6. The lowest BCUT2D eigenvalue weighted by Crippen LogP contribution is -2.41. The van der Waals surface area contributed by atoms with Crippen molar-refractivity contribution in [1.82, 2.24) is 9.88 Å². The highest BCUT2D eigenvalue weighted by Gasteiger charge is 2.23. The lowest BCUT2D eigenvalue weighted by atomic mass is 10.1. The summed E-state index contributed by atoms with van der Waals surface area (Å²) in [6, 6.07) is 8.65. The van der Waals surface area contributed by atoms with Gasteiger partial charge in [0.1, 0.15) is 18.2 Å². The van der Waals surface area contributed by atoms with E-state index in [2.05, 4.69) is 14.8 Å². The number of hydrogen-bond donors (Lipinski definition) is 3. The minimum absolute atomic E-state index is 0.0475. The number of aryl methyl sites for hydroxylation is 1. The first-order chi connectivity index (χ1) is 18.9. The van der Waals surface area contributed by atoms with Gasteiger partial charge in [0.05, 0.1) is 12.6 Å². The van der Waals surface area contributed by atoms with E-state index in [0.29, 0.717) is 17.2 Å². The standard InChI is InChI=1S/C26H29F3N3O7P/c1-32(24(33)11-9-17-5-4-7-22(28)25(17)29)21(6-2-3-12-39-40(35,36)37)16-38-26(34)31-23-14-19-13-20(27)10-8-18(19)15-30-23/h4-5,7-8,10,13-15,21H,2-3,6,9,11-12,16H2,1H3,(H,30,31,34)(H2,35,36,37)/t21-/m0/s1. The van der Waals surface area contributed by atoms with Crippen LogP contribution in [0.3, 0.4) is 0 Å². The van der Waals surface area contributed by atoms with Crippen LogP contribution in [-0.4, -0.2) is 58.0 Å². The summed E-state index contributed by atoms with van der Waals surface area (Å²) in [5, 5.41) is 3.63. The Labute approximate surface area is 228 Å². The number of ether oxygens (including phenoxy) is 1. The van der Waals surface area contributed by atoms with Gasteiger partial charge in [-0.3, -0.25) is 14.6 Å². The lowest BCUT2D eigenvalue weighted by Gasteiger charge is -2.28. The third-order valence-corrected chi connectivity index (χ3v) is 6.61. The fraction of sp³-hybridized carbons (Fsp3) is 0.346. The topological polar surface area (TPSA) is 138 Å². The molecular formula is C26H29F3N3O7P. The molecule has 0 fully saturated rings. The van der Waals surface area contributed by atoms with Crippen molar-refractivity contribution in [2.45, 2.75) is 38.1 Å². The Morgan fingerprint density at radius 3 is 2.62 bits per heavy atom. The summed E-state index contributed by atoms with van der Waals surface area (Å²) in [6.07, 6.45) is 1.29. The number of rotatable bonds is 13. The molecule has 0 spiro atoms. The van der Waals surface area contributed by atoms with Gasteiger partial charge in [-0.2, -0.15) is 0 Å². The van der Waals surface area contributed by atoms with Crippen molar-refractivity contribution >= 4 is 36.4 Å². The molecule has 1 atom stereocenters. The minimum atomic E-state index is -4.61. The molecule has 0 bridgehead atoms. The number of hydrogen-bond acceptors (Lipinski definition) is 6. The molecule has 3 rings (SSSR count). The average Bonchev–Trinajstić information content (AvgIpc) is 2.89. The number of fused-ring (bicyclic) bond motifs is 1. The SMILES string of the molecule is CN(C(=O)CCc1cccc(F)c1F)[C@@H](CCCCOP(=O)(O)O)COC(=O)Nc1cc2cc(F)ccc2cn1. The van der Waals surface area contributed by atoms with Crippen LogP contribution in [0.4, 0.5) is 23.8 Å². The molecule has 2 aromatic carbocycles. The number of aromatic nitrogens is 1. The van der Waals surface area contributed by atoms with Crippen molar-refractivity contribution in [1.29, 1.82) is 0 Å². The molecular weight excluding hydrogens is 554 g/mol. The van der Waals surface area contributed by atoms with Crippen LogP contribution in [0.2, 0.25) is 0 Å². The van der Waals surface area contributed by atoms with E-state index in [1.165, 1.54) is 48.5 Å². The minimum Gasteiger partial charge on any atom is -0.447 e. The predicted octanol–water partition coefficient (Wildman–Crippen LogP) is 4.94. The van der Waals surface area contributed by atoms with Crippen molar-refractivity contribution in [2.75, 3.05) is 25.6 Å². The van der Waals surface area contributed by atoms with E-state index in [4.69, 9.17) is 14.5 Å². The summed E-state index contributed by atoms with van der Waals surface area (Å²) in [6.45, 7) is -0.465. The Hall–Kier alpha value is -3.51. The summed E-state index contributed by atoms with van der Waals surface area (Å²) in [5.74, 6) is -2.78. The van der Waals surface area contributed by atoms with Crippen LogP contribution in [0, 0.1) is 17.5 Å². The summed E-state index contributed by atoms with van der Waals surface area (Å²) in [4.78, 5) is 48.3. The second-order valence-corrected chi connectivity index (χ2v) is 10.2. The maximum absolute atomic E-state index is 14.0. The van der Waals surface area contributed by atoms with Gasteiger partial charge in [-0.15, -0.1) is 0 Å². The quantitative estimate of drug-likeness (QED) is 0.190. The zero-order valence-electron chi connectivity index (χ0n) is 21.6. The molecule has 2 amide bonds. The molecule has 3 N–H and O–H groups in total. The van der Waals surface area contributed by atoms with Crippen LogP contribution in [0.1, 0.15) is 31.2 Å². The van der Waals surface area contributed by atoms with Crippen molar-refractivity contribution in [3.63, 3.8) is 0 Å². The van der Waals surface area contributed by atoms with Crippen molar-refractivity contribution in [2.24, 2.45) is 0 Å². The zero-order chi connectivity index (χ0) is 29.3. The molecule has 0 aliphatic carbocycles. The normalized spacial score (nSPS) is 12.2. The molecule has 216 valence electrons. The highest BCUT2D eigenvalue weighted by Crippen LogP contribution is 2.35. The number of carbonyl (C=O) groups is 2. The number of carbonyl (C=O) groups excluding carboxylic acids is 2. The van der Waals surface area contributed by atoms with Gasteiger partial charge in [0, 0.05) is 25.1 Å². The first kappa shape index (κ1) is 31.0. The van der Waals surface area contributed by atoms with Crippen LogP contribution >= 0.6 is 7.82 Å².